The van der Waals surface area contributed by atoms with E-state index in [0.717, 1.165) is 0 Å². The van der Waals surface area contributed by atoms with E-state index in [1.807, 2.05) is 0 Å². The molecule has 0 atom stereocenters. The smallest absolute Gasteiger partial charge is 0.243 e. The summed E-state index contributed by atoms with van der Waals surface area (Å²) in [4.78, 5) is 12.0. The minimum absolute atomic E-state index is 0.134. The largest absolute Gasteiger partial charge is 0.326 e. The SMILES string of the molecule is CCN(CC)S(=O)(=O)c1cc(NC(=O)C(C)C)ccc1C. The van der Waals surface area contributed by atoms with Crippen LogP contribution in [0.5, 0.6) is 0 Å². The van der Waals surface area contributed by atoms with Crippen molar-refractivity contribution in [3.63, 3.8) is 0 Å². The third-order valence-electron chi connectivity index (χ3n) is 3.30. The Balaban J connectivity index is 3.22. The summed E-state index contributed by atoms with van der Waals surface area (Å²) in [7, 11) is -3.53. The molecule has 1 aromatic carbocycles. The van der Waals surface area contributed by atoms with Crippen molar-refractivity contribution in [1.29, 1.82) is 0 Å². The lowest BCUT2D eigenvalue weighted by Crippen LogP contribution is -2.31. The van der Waals surface area contributed by atoms with Gasteiger partial charge < -0.3 is 5.32 Å². The zero-order valence-corrected chi connectivity index (χ0v) is 14.1. The van der Waals surface area contributed by atoms with Crippen molar-refractivity contribution in [3.8, 4) is 0 Å². The molecule has 1 amide bonds. The second-order valence-corrected chi connectivity index (χ2v) is 7.12. The summed E-state index contributed by atoms with van der Waals surface area (Å²) in [6, 6.07) is 4.96. The van der Waals surface area contributed by atoms with Crippen LogP contribution in [0.15, 0.2) is 23.1 Å². The van der Waals surface area contributed by atoms with E-state index in [0.29, 0.717) is 24.3 Å². The molecule has 0 saturated heterocycles. The van der Waals surface area contributed by atoms with Gasteiger partial charge in [-0.25, -0.2) is 8.42 Å². The maximum Gasteiger partial charge on any atom is 0.243 e. The fourth-order valence-electron chi connectivity index (χ4n) is 1.94. The van der Waals surface area contributed by atoms with Crippen LogP contribution in [-0.2, 0) is 14.8 Å². The Morgan fingerprint density at radius 2 is 1.81 bits per heavy atom. The number of aryl methyl sites for hydroxylation is 1. The maximum atomic E-state index is 12.6. The van der Waals surface area contributed by atoms with Crippen LogP contribution in [-0.4, -0.2) is 31.7 Å². The van der Waals surface area contributed by atoms with Gasteiger partial charge in [-0.1, -0.05) is 33.8 Å². The van der Waals surface area contributed by atoms with Crippen molar-refractivity contribution in [3.05, 3.63) is 23.8 Å². The Bertz CT molecular complexity index is 605. The van der Waals surface area contributed by atoms with E-state index in [9.17, 15) is 13.2 Å². The molecular formula is C15H24N2O3S. The van der Waals surface area contributed by atoms with Gasteiger partial charge in [-0.3, -0.25) is 4.79 Å². The molecule has 0 spiro atoms. The molecule has 1 N–H and O–H groups in total. The van der Waals surface area contributed by atoms with Crippen LogP contribution in [0.4, 0.5) is 5.69 Å². The molecule has 1 aromatic rings. The highest BCUT2D eigenvalue weighted by atomic mass is 32.2. The molecule has 0 aliphatic carbocycles. The number of hydrogen-bond donors (Lipinski definition) is 1. The zero-order chi connectivity index (χ0) is 16.2. The molecule has 0 saturated carbocycles. The van der Waals surface area contributed by atoms with Crippen LogP contribution in [0.25, 0.3) is 0 Å². The molecule has 0 heterocycles. The molecule has 0 aromatic heterocycles. The van der Waals surface area contributed by atoms with E-state index in [4.69, 9.17) is 0 Å². The third kappa shape index (κ3) is 4.04. The monoisotopic (exact) mass is 312 g/mol. The molecular weight excluding hydrogens is 288 g/mol. The summed E-state index contributed by atoms with van der Waals surface area (Å²) in [6.07, 6.45) is 0. The van der Waals surface area contributed by atoms with E-state index >= 15 is 0 Å². The maximum absolute atomic E-state index is 12.6. The lowest BCUT2D eigenvalue weighted by molar-refractivity contribution is -0.118. The van der Waals surface area contributed by atoms with Crippen LogP contribution in [0.2, 0.25) is 0 Å². The first kappa shape index (κ1) is 17.7. The molecule has 6 heteroatoms. The summed E-state index contributed by atoms with van der Waals surface area (Å²) in [5, 5.41) is 2.73. The zero-order valence-electron chi connectivity index (χ0n) is 13.3. The molecule has 0 aliphatic rings. The van der Waals surface area contributed by atoms with Crippen molar-refractivity contribution in [2.45, 2.75) is 39.5 Å². The highest BCUT2D eigenvalue weighted by Crippen LogP contribution is 2.23. The first-order chi connectivity index (χ1) is 9.73. The van der Waals surface area contributed by atoms with Crippen molar-refractivity contribution < 1.29 is 13.2 Å². The van der Waals surface area contributed by atoms with Crippen LogP contribution in [0.1, 0.15) is 33.3 Å². The Morgan fingerprint density at radius 1 is 1.24 bits per heavy atom. The number of hydrogen-bond acceptors (Lipinski definition) is 3. The van der Waals surface area contributed by atoms with Gasteiger partial charge >= 0.3 is 0 Å². The number of carbonyl (C=O) groups is 1. The minimum atomic E-state index is -3.53. The standard InChI is InChI=1S/C15H24N2O3S/c1-6-17(7-2)21(19,20)14-10-13(9-8-12(14)5)16-15(18)11(3)4/h8-11H,6-7H2,1-5H3,(H,16,18). The van der Waals surface area contributed by atoms with Crippen LogP contribution >= 0.6 is 0 Å². The molecule has 21 heavy (non-hydrogen) atoms. The van der Waals surface area contributed by atoms with E-state index in [1.165, 1.54) is 10.4 Å². The van der Waals surface area contributed by atoms with Gasteiger partial charge in [0.2, 0.25) is 15.9 Å². The van der Waals surface area contributed by atoms with Gasteiger partial charge in [0.1, 0.15) is 0 Å². The topological polar surface area (TPSA) is 66.5 Å². The van der Waals surface area contributed by atoms with Gasteiger partial charge in [0.05, 0.1) is 4.90 Å². The van der Waals surface area contributed by atoms with Crippen molar-refractivity contribution >= 4 is 21.6 Å². The van der Waals surface area contributed by atoms with Crippen molar-refractivity contribution in [2.75, 3.05) is 18.4 Å². The average molecular weight is 312 g/mol. The van der Waals surface area contributed by atoms with Gasteiger partial charge in [0.15, 0.2) is 0 Å². The minimum Gasteiger partial charge on any atom is -0.326 e. The predicted molar refractivity (Wildman–Crippen MR) is 84.8 cm³/mol. The molecule has 0 aliphatic heterocycles. The summed E-state index contributed by atoms with van der Waals surface area (Å²) in [6.45, 7) is 9.78. The third-order valence-corrected chi connectivity index (χ3v) is 5.50. The van der Waals surface area contributed by atoms with Gasteiger partial charge in [0.25, 0.3) is 0 Å². The number of benzene rings is 1. The number of anilines is 1. The quantitative estimate of drug-likeness (QED) is 0.878. The normalized spacial score (nSPS) is 12.0. The molecule has 5 nitrogen and oxygen atoms in total. The lowest BCUT2D eigenvalue weighted by atomic mass is 10.2. The Hall–Kier alpha value is -1.40. The van der Waals surface area contributed by atoms with Gasteiger partial charge in [-0.05, 0) is 24.6 Å². The van der Waals surface area contributed by atoms with Gasteiger partial charge in [-0.15, -0.1) is 0 Å². The van der Waals surface area contributed by atoms with Gasteiger partial charge in [0, 0.05) is 24.7 Å². The van der Waals surface area contributed by atoms with Gasteiger partial charge in [-0.2, -0.15) is 4.31 Å². The Morgan fingerprint density at radius 3 is 2.29 bits per heavy atom. The Labute approximate surface area is 127 Å². The number of rotatable bonds is 6. The predicted octanol–water partition coefficient (Wildman–Crippen LogP) is 2.62. The molecule has 0 unspecified atom stereocenters. The first-order valence-corrected chi connectivity index (χ1v) is 8.59. The number of carbonyl (C=O) groups excluding carboxylic acids is 1. The van der Waals surface area contributed by atoms with Crippen LogP contribution in [0, 0.1) is 12.8 Å². The summed E-state index contributed by atoms with van der Waals surface area (Å²) in [5.41, 5.74) is 1.18. The van der Waals surface area contributed by atoms with Crippen LogP contribution < -0.4 is 5.32 Å². The van der Waals surface area contributed by atoms with E-state index < -0.39 is 10.0 Å². The molecule has 1 rings (SSSR count). The molecule has 0 radical (unpaired) electrons. The molecule has 0 fully saturated rings. The van der Waals surface area contributed by atoms with E-state index in [2.05, 4.69) is 5.32 Å². The van der Waals surface area contributed by atoms with E-state index in [1.54, 1.807) is 46.8 Å². The second kappa shape index (κ2) is 7.04. The lowest BCUT2D eigenvalue weighted by Gasteiger charge is -2.20. The average Bonchev–Trinajstić information content (AvgIpc) is 2.41. The second-order valence-electron chi connectivity index (χ2n) is 5.21. The van der Waals surface area contributed by atoms with E-state index in [-0.39, 0.29) is 16.7 Å². The summed E-state index contributed by atoms with van der Waals surface area (Å²) < 4.78 is 26.6. The summed E-state index contributed by atoms with van der Waals surface area (Å²) >= 11 is 0. The summed E-state index contributed by atoms with van der Waals surface area (Å²) in [5.74, 6) is -0.292. The number of sulfonamides is 1. The first-order valence-electron chi connectivity index (χ1n) is 7.15. The molecule has 0 bridgehead atoms. The van der Waals surface area contributed by atoms with Crippen LogP contribution in [0.3, 0.4) is 0 Å². The van der Waals surface area contributed by atoms with Crippen molar-refractivity contribution in [1.82, 2.24) is 4.31 Å². The van der Waals surface area contributed by atoms with Crippen molar-refractivity contribution in [2.24, 2.45) is 5.92 Å². The highest BCUT2D eigenvalue weighted by molar-refractivity contribution is 7.89. The Kier molecular flexibility index (Phi) is 5.92. The fourth-order valence-corrected chi connectivity index (χ4v) is 3.65. The number of nitrogens with one attached hydrogen (secondary N) is 1. The number of amides is 1. The molecule has 118 valence electrons. The number of nitrogens with zero attached hydrogens (tertiary/aromatic N) is 1. The fraction of sp³-hybridized carbons (Fsp3) is 0.533. The highest BCUT2D eigenvalue weighted by Gasteiger charge is 2.24.